The summed E-state index contributed by atoms with van der Waals surface area (Å²) < 4.78 is 8.56. The molecule has 1 saturated carbocycles. The largest absolute Gasteiger partial charge is 0.365 e. The van der Waals surface area contributed by atoms with Crippen LogP contribution in [-0.2, 0) is 22.6 Å². The molecule has 5 rings (SSSR count). The van der Waals surface area contributed by atoms with Crippen LogP contribution in [0.5, 0.6) is 0 Å². The van der Waals surface area contributed by atoms with Gasteiger partial charge in [0.15, 0.2) is 6.10 Å². The summed E-state index contributed by atoms with van der Waals surface area (Å²) in [5.41, 5.74) is 0.973. The van der Waals surface area contributed by atoms with Crippen molar-refractivity contribution in [1.29, 1.82) is 5.26 Å². The van der Waals surface area contributed by atoms with Crippen molar-refractivity contribution in [1.82, 2.24) is 14.0 Å². The Bertz CT molecular complexity index is 1670. The number of carbonyl (C=O) groups excluding carboxylic acids is 2. The van der Waals surface area contributed by atoms with Crippen LogP contribution in [-0.4, -0.2) is 51.8 Å². The zero-order chi connectivity index (χ0) is 29.3. The molecule has 1 unspecified atom stereocenters. The van der Waals surface area contributed by atoms with Crippen LogP contribution in [0.3, 0.4) is 0 Å². The average molecular weight is 579 g/mol. The summed E-state index contributed by atoms with van der Waals surface area (Å²) in [4.78, 5) is 54.0. The van der Waals surface area contributed by atoms with E-state index in [4.69, 9.17) is 21.6 Å². The molecule has 1 aromatic heterocycles. The fourth-order valence-electron chi connectivity index (χ4n) is 4.86. The molecule has 2 heterocycles. The molecule has 0 bridgehead atoms. The standard InChI is InChI=1S/C29H31ClN6O5/c1-17(2)14-35-24-8-7-20(11-22(24)27(38)36(29(35)40)15-18-3-4-18)33-28(39)34-9-10-41-25(16-34)26(37)32-21-6-5-19(13-31)23(30)12-21/h5-8,11-12,17-18,25H,3-4,9-10,14-16H2,1-2H3,(H,32,37)(H,33,39). The van der Waals surface area contributed by atoms with E-state index in [9.17, 15) is 19.2 Å². The maximum Gasteiger partial charge on any atom is 0.331 e. The van der Waals surface area contributed by atoms with Crippen LogP contribution in [0.25, 0.3) is 10.9 Å². The topological polar surface area (TPSA) is 138 Å². The average Bonchev–Trinajstić information content (AvgIpc) is 3.78. The molecule has 0 radical (unpaired) electrons. The Kier molecular flexibility index (Phi) is 8.15. The highest BCUT2D eigenvalue weighted by Crippen LogP contribution is 2.30. The number of morpholine rings is 1. The van der Waals surface area contributed by atoms with E-state index in [0.29, 0.717) is 46.8 Å². The van der Waals surface area contributed by atoms with Gasteiger partial charge in [-0.3, -0.25) is 18.7 Å². The SMILES string of the molecule is CC(C)Cn1c(=O)n(CC2CC2)c(=O)c2cc(NC(=O)N3CCOC(C(=O)Nc4ccc(C#N)c(Cl)c4)C3)ccc21. The predicted octanol–water partition coefficient (Wildman–Crippen LogP) is 3.63. The molecular weight excluding hydrogens is 548 g/mol. The number of anilines is 2. The molecule has 12 heteroatoms. The molecule has 2 aromatic carbocycles. The van der Waals surface area contributed by atoms with Crippen molar-refractivity contribution in [2.24, 2.45) is 11.8 Å². The minimum atomic E-state index is -0.916. The second-order valence-electron chi connectivity index (χ2n) is 10.9. The fourth-order valence-corrected chi connectivity index (χ4v) is 5.09. The molecule has 1 aliphatic carbocycles. The third-order valence-electron chi connectivity index (χ3n) is 7.16. The number of nitriles is 1. The molecule has 2 aliphatic rings. The quantitative estimate of drug-likeness (QED) is 0.439. The maximum absolute atomic E-state index is 13.4. The number of rotatable bonds is 7. The van der Waals surface area contributed by atoms with Crippen LogP contribution in [0.2, 0.25) is 5.02 Å². The number of aromatic nitrogens is 2. The number of hydrogen-bond donors (Lipinski definition) is 2. The van der Waals surface area contributed by atoms with E-state index < -0.39 is 18.0 Å². The van der Waals surface area contributed by atoms with Gasteiger partial charge in [0.25, 0.3) is 11.5 Å². The number of fused-ring (bicyclic) bond motifs is 1. The van der Waals surface area contributed by atoms with E-state index in [0.717, 1.165) is 12.8 Å². The van der Waals surface area contributed by atoms with Crippen LogP contribution in [0.15, 0.2) is 46.0 Å². The maximum atomic E-state index is 13.4. The molecule has 3 amide bonds. The summed E-state index contributed by atoms with van der Waals surface area (Å²) >= 11 is 6.05. The third-order valence-corrected chi connectivity index (χ3v) is 7.48. The molecule has 1 atom stereocenters. The number of urea groups is 1. The third kappa shape index (κ3) is 6.29. The molecule has 2 fully saturated rings. The lowest BCUT2D eigenvalue weighted by molar-refractivity contribution is -0.131. The Balaban J connectivity index is 1.32. The Morgan fingerprint density at radius 1 is 1.10 bits per heavy atom. The monoisotopic (exact) mass is 578 g/mol. The van der Waals surface area contributed by atoms with Gasteiger partial charge in [-0.2, -0.15) is 5.26 Å². The van der Waals surface area contributed by atoms with E-state index >= 15 is 0 Å². The smallest absolute Gasteiger partial charge is 0.331 e. The van der Waals surface area contributed by atoms with Crippen LogP contribution in [0.4, 0.5) is 16.2 Å². The van der Waals surface area contributed by atoms with Crippen molar-refractivity contribution in [3.63, 3.8) is 0 Å². The zero-order valence-electron chi connectivity index (χ0n) is 22.9. The normalized spacial score (nSPS) is 17.0. The first kappa shape index (κ1) is 28.4. The van der Waals surface area contributed by atoms with Gasteiger partial charge in [0.1, 0.15) is 6.07 Å². The van der Waals surface area contributed by atoms with Crippen LogP contribution < -0.4 is 21.9 Å². The highest BCUT2D eigenvalue weighted by molar-refractivity contribution is 6.32. The molecule has 214 valence electrons. The summed E-state index contributed by atoms with van der Waals surface area (Å²) in [5.74, 6) is 0.0874. The van der Waals surface area contributed by atoms with E-state index in [1.807, 2.05) is 19.9 Å². The Morgan fingerprint density at radius 3 is 2.51 bits per heavy atom. The van der Waals surface area contributed by atoms with Crippen LogP contribution in [0.1, 0.15) is 32.3 Å². The van der Waals surface area contributed by atoms with E-state index in [1.54, 1.807) is 28.8 Å². The van der Waals surface area contributed by atoms with Gasteiger partial charge in [-0.15, -0.1) is 0 Å². The molecule has 1 saturated heterocycles. The molecule has 1 aliphatic heterocycles. The van der Waals surface area contributed by atoms with Crippen molar-refractivity contribution in [3.8, 4) is 6.07 Å². The highest BCUT2D eigenvalue weighted by Gasteiger charge is 2.30. The van der Waals surface area contributed by atoms with Gasteiger partial charge in [0.2, 0.25) is 0 Å². The number of nitrogens with one attached hydrogen (secondary N) is 2. The lowest BCUT2D eigenvalue weighted by Gasteiger charge is -2.32. The van der Waals surface area contributed by atoms with Gasteiger partial charge in [0, 0.05) is 31.0 Å². The first-order chi connectivity index (χ1) is 19.6. The molecule has 41 heavy (non-hydrogen) atoms. The number of halogens is 1. The number of ether oxygens (including phenoxy) is 1. The van der Waals surface area contributed by atoms with Gasteiger partial charge >= 0.3 is 11.7 Å². The molecule has 3 aromatic rings. The molecule has 2 N–H and O–H groups in total. The molecular formula is C29H31ClN6O5. The van der Waals surface area contributed by atoms with Crippen molar-refractivity contribution < 1.29 is 14.3 Å². The van der Waals surface area contributed by atoms with Gasteiger partial charge in [-0.25, -0.2) is 9.59 Å². The first-order valence-corrected chi connectivity index (χ1v) is 14.0. The van der Waals surface area contributed by atoms with Gasteiger partial charge in [-0.05, 0) is 61.1 Å². The lowest BCUT2D eigenvalue weighted by Crippen LogP contribution is -2.51. The Hall–Kier alpha value is -4.14. The summed E-state index contributed by atoms with van der Waals surface area (Å²) in [6.45, 7) is 5.33. The number of carbonyl (C=O) groups is 2. The van der Waals surface area contributed by atoms with E-state index in [1.165, 1.54) is 21.6 Å². The number of nitrogens with zero attached hydrogens (tertiary/aromatic N) is 4. The first-order valence-electron chi connectivity index (χ1n) is 13.6. The second-order valence-corrected chi connectivity index (χ2v) is 11.3. The van der Waals surface area contributed by atoms with Crippen molar-refractivity contribution >= 4 is 45.8 Å². The van der Waals surface area contributed by atoms with Gasteiger partial charge < -0.3 is 20.3 Å². The summed E-state index contributed by atoms with van der Waals surface area (Å²) in [5, 5.41) is 15.1. The summed E-state index contributed by atoms with van der Waals surface area (Å²) in [6.07, 6.45) is 1.09. The van der Waals surface area contributed by atoms with Crippen LogP contribution >= 0.6 is 11.6 Å². The summed E-state index contributed by atoms with van der Waals surface area (Å²) in [7, 11) is 0. The molecule has 11 nitrogen and oxygen atoms in total. The van der Waals surface area contributed by atoms with E-state index in [2.05, 4.69) is 10.6 Å². The highest BCUT2D eigenvalue weighted by atomic mass is 35.5. The minimum absolute atomic E-state index is 0.0113. The summed E-state index contributed by atoms with van der Waals surface area (Å²) in [6, 6.07) is 11.0. The number of hydrogen-bond acceptors (Lipinski definition) is 6. The number of amides is 3. The van der Waals surface area contributed by atoms with Gasteiger partial charge in [-0.1, -0.05) is 25.4 Å². The van der Waals surface area contributed by atoms with Crippen LogP contribution in [0, 0.1) is 23.2 Å². The lowest BCUT2D eigenvalue weighted by atomic mass is 10.1. The fraction of sp³-hybridized carbons (Fsp3) is 0.414. The predicted molar refractivity (Wildman–Crippen MR) is 155 cm³/mol. The Morgan fingerprint density at radius 2 is 1.83 bits per heavy atom. The van der Waals surface area contributed by atoms with Crippen molar-refractivity contribution in [2.75, 3.05) is 30.3 Å². The van der Waals surface area contributed by atoms with E-state index in [-0.39, 0.29) is 41.9 Å². The second kappa shape index (κ2) is 11.8. The zero-order valence-corrected chi connectivity index (χ0v) is 23.6. The van der Waals surface area contributed by atoms with Crippen molar-refractivity contribution in [2.45, 2.75) is 45.9 Å². The van der Waals surface area contributed by atoms with Crippen molar-refractivity contribution in [3.05, 3.63) is 67.8 Å². The van der Waals surface area contributed by atoms with Gasteiger partial charge in [0.05, 0.1) is 34.6 Å². The number of benzene rings is 2. The minimum Gasteiger partial charge on any atom is -0.365 e. The molecule has 0 spiro atoms. The Labute approximate surface area is 241 Å².